The third-order valence-electron chi connectivity index (χ3n) is 2.70. The fraction of sp³-hybridized carbons (Fsp3) is 0. The second-order valence-corrected chi connectivity index (χ2v) is 4.61. The third kappa shape index (κ3) is 3.89. The Morgan fingerprint density at radius 3 is 2.68 bits per heavy atom. The van der Waals surface area contributed by atoms with Crippen LogP contribution in [0.2, 0.25) is 5.02 Å². The molecule has 5 nitrogen and oxygen atoms in total. The maximum Gasteiger partial charge on any atom is 0.274 e. The first-order valence-electron chi connectivity index (χ1n) is 6.17. The number of carbonyl (C=O) groups is 1. The Kier molecular flexibility index (Phi) is 5.21. The van der Waals surface area contributed by atoms with Crippen LogP contribution < -0.4 is 5.43 Å². The zero-order valence-corrected chi connectivity index (χ0v) is 12.0. The molecule has 7 heteroatoms. The van der Waals surface area contributed by atoms with E-state index in [1.54, 1.807) is 24.3 Å². The molecule has 0 aliphatic heterocycles. The van der Waals surface area contributed by atoms with E-state index in [0.29, 0.717) is 10.6 Å². The van der Waals surface area contributed by atoms with Crippen LogP contribution in [-0.2, 0) is 0 Å². The summed E-state index contributed by atoms with van der Waals surface area (Å²) in [4.78, 5) is 11.9. The van der Waals surface area contributed by atoms with Crippen molar-refractivity contribution in [2.75, 3.05) is 0 Å². The van der Waals surface area contributed by atoms with Crippen LogP contribution in [0, 0.1) is 5.82 Å². The van der Waals surface area contributed by atoms with Gasteiger partial charge in [-0.3, -0.25) is 4.79 Å². The minimum Gasteiger partial charge on any atom is -0.411 e. The highest BCUT2D eigenvalue weighted by Crippen LogP contribution is 2.11. The number of nitrogens with zero attached hydrogens (tertiary/aromatic N) is 2. The zero-order chi connectivity index (χ0) is 15.9. The minimum absolute atomic E-state index is 0.141. The predicted octanol–water partition coefficient (Wildman–Crippen LogP) is 3.07. The lowest BCUT2D eigenvalue weighted by Gasteiger charge is -2.04. The summed E-state index contributed by atoms with van der Waals surface area (Å²) in [6, 6.07) is 12.1. The van der Waals surface area contributed by atoms with Crippen molar-refractivity contribution in [2.45, 2.75) is 0 Å². The summed E-state index contributed by atoms with van der Waals surface area (Å²) in [5, 5.41) is 15.8. The van der Waals surface area contributed by atoms with E-state index in [-0.39, 0.29) is 11.3 Å². The predicted molar refractivity (Wildman–Crippen MR) is 82.1 cm³/mol. The Labute approximate surface area is 130 Å². The molecule has 112 valence electrons. The number of rotatable bonds is 4. The molecule has 22 heavy (non-hydrogen) atoms. The summed E-state index contributed by atoms with van der Waals surface area (Å²) in [7, 11) is 0. The normalized spacial score (nSPS) is 11.6. The fourth-order valence-corrected chi connectivity index (χ4v) is 1.88. The standard InChI is InChI=1S/C15H11ClFN3O2/c16-11-5-3-4-10(8-11)14(9-18-22)19-20-15(21)12-6-1-2-7-13(12)17/h1-9,22H,(H,20,21)/b18-9-,19-14+. The second-order valence-electron chi connectivity index (χ2n) is 4.17. The van der Waals surface area contributed by atoms with Gasteiger partial charge in [-0.2, -0.15) is 5.10 Å². The first-order chi connectivity index (χ1) is 10.6. The van der Waals surface area contributed by atoms with Crippen LogP contribution in [0.5, 0.6) is 0 Å². The Morgan fingerprint density at radius 2 is 2.00 bits per heavy atom. The number of oxime groups is 1. The molecule has 0 unspecified atom stereocenters. The summed E-state index contributed by atoms with van der Waals surface area (Å²) in [5.41, 5.74) is 2.75. The van der Waals surface area contributed by atoms with Gasteiger partial charge in [-0.05, 0) is 24.3 Å². The molecule has 2 aromatic carbocycles. The van der Waals surface area contributed by atoms with Gasteiger partial charge in [0, 0.05) is 10.6 Å². The molecule has 0 spiro atoms. The zero-order valence-electron chi connectivity index (χ0n) is 11.2. The fourth-order valence-electron chi connectivity index (χ4n) is 1.69. The number of carbonyl (C=O) groups excluding carboxylic acids is 1. The molecule has 1 amide bonds. The van der Waals surface area contributed by atoms with Gasteiger partial charge >= 0.3 is 0 Å². The molecule has 0 aromatic heterocycles. The highest BCUT2D eigenvalue weighted by Gasteiger charge is 2.10. The van der Waals surface area contributed by atoms with Crippen LogP contribution in [0.15, 0.2) is 58.8 Å². The molecule has 0 atom stereocenters. The lowest BCUT2D eigenvalue weighted by atomic mass is 10.1. The average molecular weight is 320 g/mol. The molecule has 0 radical (unpaired) electrons. The molecule has 2 rings (SSSR count). The van der Waals surface area contributed by atoms with Crippen molar-refractivity contribution in [1.82, 2.24) is 5.43 Å². The molecule has 0 heterocycles. The van der Waals surface area contributed by atoms with E-state index in [4.69, 9.17) is 16.8 Å². The molecular weight excluding hydrogens is 309 g/mol. The molecule has 2 aromatic rings. The van der Waals surface area contributed by atoms with Gasteiger partial charge in [-0.1, -0.05) is 41.0 Å². The smallest absolute Gasteiger partial charge is 0.274 e. The molecule has 0 saturated heterocycles. The maximum absolute atomic E-state index is 13.5. The van der Waals surface area contributed by atoms with Gasteiger partial charge < -0.3 is 5.21 Å². The molecule has 0 saturated carbocycles. The lowest BCUT2D eigenvalue weighted by Crippen LogP contribution is -2.21. The average Bonchev–Trinajstić information content (AvgIpc) is 2.51. The topological polar surface area (TPSA) is 74.0 Å². The van der Waals surface area contributed by atoms with Crippen LogP contribution >= 0.6 is 11.6 Å². The van der Waals surface area contributed by atoms with Crippen LogP contribution in [0.1, 0.15) is 15.9 Å². The Bertz CT molecular complexity index is 747. The van der Waals surface area contributed by atoms with E-state index in [9.17, 15) is 9.18 Å². The molecule has 0 aliphatic carbocycles. The number of nitrogens with one attached hydrogen (secondary N) is 1. The lowest BCUT2D eigenvalue weighted by molar-refractivity contribution is 0.0951. The molecule has 0 fully saturated rings. The summed E-state index contributed by atoms with van der Waals surface area (Å²) >= 11 is 5.87. The molecular formula is C15H11ClFN3O2. The van der Waals surface area contributed by atoms with Gasteiger partial charge in [-0.25, -0.2) is 9.82 Å². The highest BCUT2D eigenvalue weighted by atomic mass is 35.5. The number of hydrazone groups is 1. The Balaban J connectivity index is 2.25. The minimum atomic E-state index is -0.719. The van der Waals surface area contributed by atoms with Crippen LogP contribution in [0.3, 0.4) is 0 Å². The van der Waals surface area contributed by atoms with Crippen LogP contribution in [0.4, 0.5) is 4.39 Å². The largest absolute Gasteiger partial charge is 0.411 e. The van der Waals surface area contributed by atoms with Gasteiger partial charge in [0.1, 0.15) is 11.5 Å². The summed E-state index contributed by atoms with van der Waals surface area (Å²) in [5.74, 6) is -1.38. The quantitative estimate of drug-likeness (QED) is 0.516. The Morgan fingerprint density at radius 1 is 1.23 bits per heavy atom. The number of hydrogen-bond donors (Lipinski definition) is 2. The van der Waals surface area contributed by atoms with E-state index in [0.717, 1.165) is 6.21 Å². The van der Waals surface area contributed by atoms with Crippen molar-refractivity contribution >= 4 is 29.4 Å². The first kappa shape index (κ1) is 15.7. The van der Waals surface area contributed by atoms with E-state index >= 15 is 0 Å². The molecule has 0 aliphatic rings. The van der Waals surface area contributed by atoms with Crippen molar-refractivity contribution in [3.8, 4) is 0 Å². The van der Waals surface area contributed by atoms with E-state index in [2.05, 4.69) is 15.7 Å². The monoisotopic (exact) mass is 319 g/mol. The first-order valence-corrected chi connectivity index (χ1v) is 6.55. The summed E-state index contributed by atoms with van der Waals surface area (Å²) < 4.78 is 13.5. The van der Waals surface area contributed by atoms with Crippen LogP contribution in [-0.4, -0.2) is 23.0 Å². The van der Waals surface area contributed by atoms with Gasteiger partial charge in [0.15, 0.2) is 0 Å². The van der Waals surface area contributed by atoms with Crippen LogP contribution in [0.25, 0.3) is 0 Å². The summed E-state index contributed by atoms with van der Waals surface area (Å²) in [6.45, 7) is 0. The van der Waals surface area contributed by atoms with Crippen molar-refractivity contribution in [3.05, 3.63) is 70.5 Å². The molecule has 2 N–H and O–H groups in total. The number of amides is 1. The van der Waals surface area contributed by atoms with Crippen molar-refractivity contribution in [1.29, 1.82) is 0 Å². The maximum atomic E-state index is 13.5. The van der Waals surface area contributed by atoms with E-state index < -0.39 is 11.7 Å². The number of hydrogen-bond acceptors (Lipinski definition) is 4. The van der Waals surface area contributed by atoms with Gasteiger partial charge in [0.2, 0.25) is 0 Å². The number of benzene rings is 2. The van der Waals surface area contributed by atoms with Crippen molar-refractivity contribution in [3.63, 3.8) is 0 Å². The van der Waals surface area contributed by atoms with Gasteiger partial charge in [0.25, 0.3) is 5.91 Å². The molecule has 0 bridgehead atoms. The Hall–Kier alpha value is -2.73. The third-order valence-corrected chi connectivity index (χ3v) is 2.93. The summed E-state index contributed by atoms with van der Waals surface area (Å²) in [6.07, 6.45) is 1.04. The SMILES string of the molecule is O=C(N/N=C(\C=N/O)c1cccc(Cl)c1)c1ccccc1F. The van der Waals surface area contributed by atoms with Crippen molar-refractivity contribution in [2.24, 2.45) is 10.3 Å². The second kappa shape index (κ2) is 7.33. The van der Waals surface area contributed by atoms with Gasteiger partial charge in [-0.15, -0.1) is 0 Å². The van der Waals surface area contributed by atoms with E-state index in [1.807, 2.05) is 0 Å². The van der Waals surface area contributed by atoms with Gasteiger partial charge in [0.05, 0.1) is 11.8 Å². The highest BCUT2D eigenvalue weighted by molar-refractivity contribution is 6.39. The van der Waals surface area contributed by atoms with Crippen molar-refractivity contribution < 1.29 is 14.4 Å². The number of halogens is 2. The van der Waals surface area contributed by atoms with E-state index in [1.165, 1.54) is 24.3 Å².